The molecule has 1 heterocycles. The Morgan fingerprint density at radius 2 is 2.05 bits per heavy atom. The van der Waals surface area contributed by atoms with Crippen LogP contribution < -0.4 is 10.1 Å². The lowest BCUT2D eigenvalue weighted by Crippen LogP contribution is -2.21. The van der Waals surface area contributed by atoms with Gasteiger partial charge in [-0.05, 0) is 45.2 Å². The van der Waals surface area contributed by atoms with Gasteiger partial charge >= 0.3 is 0 Å². The molecule has 0 radical (unpaired) electrons. The molecule has 1 N–H and O–H groups in total. The van der Waals surface area contributed by atoms with Gasteiger partial charge in [-0.1, -0.05) is 25.8 Å². The van der Waals surface area contributed by atoms with Crippen LogP contribution in [0, 0.1) is 0 Å². The van der Waals surface area contributed by atoms with E-state index in [4.69, 9.17) is 4.74 Å². The predicted molar refractivity (Wildman–Crippen MR) is 78.4 cm³/mol. The minimum Gasteiger partial charge on any atom is -0.474 e. The highest BCUT2D eigenvalue weighted by Crippen LogP contribution is 2.27. The lowest BCUT2D eigenvalue weighted by atomic mass is 10.1. The largest absolute Gasteiger partial charge is 0.474 e. The van der Waals surface area contributed by atoms with E-state index in [1.807, 2.05) is 12.3 Å². The number of ether oxygens (including phenoxy) is 1. The van der Waals surface area contributed by atoms with Gasteiger partial charge < -0.3 is 10.1 Å². The Bertz CT molecular complexity index is 373. The van der Waals surface area contributed by atoms with E-state index >= 15 is 0 Å². The van der Waals surface area contributed by atoms with Crippen LogP contribution in [-0.2, 0) is 0 Å². The fourth-order valence-electron chi connectivity index (χ4n) is 2.77. The van der Waals surface area contributed by atoms with Crippen LogP contribution in [0.5, 0.6) is 5.88 Å². The molecule has 1 aromatic heterocycles. The fourth-order valence-corrected chi connectivity index (χ4v) is 2.77. The summed E-state index contributed by atoms with van der Waals surface area (Å²) in [6, 6.07) is 4.40. The zero-order chi connectivity index (χ0) is 13.5. The molecule has 0 aliphatic heterocycles. The molecule has 1 aliphatic rings. The Hall–Kier alpha value is -1.09. The van der Waals surface area contributed by atoms with Crippen molar-refractivity contribution in [1.29, 1.82) is 0 Å². The van der Waals surface area contributed by atoms with Crippen molar-refractivity contribution >= 4 is 0 Å². The maximum absolute atomic E-state index is 6.18. The molecule has 1 saturated carbocycles. The van der Waals surface area contributed by atoms with Gasteiger partial charge in [-0.3, -0.25) is 0 Å². The maximum atomic E-state index is 6.18. The third-order valence-electron chi connectivity index (χ3n) is 3.86. The lowest BCUT2D eigenvalue weighted by molar-refractivity contribution is 0.173. The minimum atomic E-state index is 0.291. The number of nitrogens with one attached hydrogen (secondary N) is 1. The van der Waals surface area contributed by atoms with E-state index in [9.17, 15) is 0 Å². The molecule has 1 aliphatic carbocycles. The monoisotopic (exact) mass is 262 g/mol. The van der Waals surface area contributed by atoms with Crippen LogP contribution in [-0.4, -0.2) is 17.6 Å². The summed E-state index contributed by atoms with van der Waals surface area (Å²) in [5.74, 6) is 0.822. The zero-order valence-electron chi connectivity index (χ0n) is 12.2. The molecule has 1 fully saturated rings. The van der Waals surface area contributed by atoms with E-state index in [0.29, 0.717) is 12.1 Å². The van der Waals surface area contributed by atoms with Crippen LogP contribution in [0.25, 0.3) is 0 Å². The average molecular weight is 262 g/mol. The summed E-state index contributed by atoms with van der Waals surface area (Å²) in [6.07, 6.45) is 9.80. The van der Waals surface area contributed by atoms with Gasteiger partial charge in [0, 0.05) is 17.8 Å². The molecule has 0 saturated heterocycles. The number of nitrogens with zero attached hydrogens (tertiary/aromatic N) is 1. The van der Waals surface area contributed by atoms with Crippen molar-refractivity contribution in [1.82, 2.24) is 10.3 Å². The normalized spacial score (nSPS) is 18.8. The molecule has 0 spiro atoms. The lowest BCUT2D eigenvalue weighted by Gasteiger charge is -2.21. The smallest absolute Gasteiger partial charge is 0.218 e. The van der Waals surface area contributed by atoms with Gasteiger partial charge in [0.05, 0.1) is 0 Å². The maximum Gasteiger partial charge on any atom is 0.218 e. The molecule has 2 rings (SSSR count). The van der Waals surface area contributed by atoms with E-state index in [2.05, 4.69) is 30.2 Å². The van der Waals surface area contributed by atoms with Crippen molar-refractivity contribution in [2.45, 2.75) is 64.5 Å². The van der Waals surface area contributed by atoms with Crippen molar-refractivity contribution in [3.63, 3.8) is 0 Å². The van der Waals surface area contributed by atoms with Crippen LogP contribution in [0.15, 0.2) is 18.3 Å². The van der Waals surface area contributed by atoms with Crippen LogP contribution in [0.1, 0.15) is 64.0 Å². The zero-order valence-corrected chi connectivity index (χ0v) is 12.2. The summed E-state index contributed by atoms with van der Waals surface area (Å²) in [7, 11) is 0. The van der Waals surface area contributed by atoms with E-state index in [1.165, 1.54) is 44.1 Å². The number of aromatic nitrogens is 1. The molecule has 1 unspecified atom stereocenters. The number of hydrogen-bond donors (Lipinski definition) is 1. The topological polar surface area (TPSA) is 34.2 Å². The Labute approximate surface area is 116 Å². The van der Waals surface area contributed by atoms with Gasteiger partial charge in [-0.15, -0.1) is 0 Å². The fraction of sp³-hybridized carbons (Fsp3) is 0.688. The Kier molecular flexibility index (Phi) is 5.64. The SMILES string of the molecule is CCNC(C)c1cccnc1OC1CCCCCC1. The molecule has 0 amide bonds. The first kappa shape index (κ1) is 14.3. The number of rotatable bonds is 5. The van der Waals surface area contributed by atoms with Crippen molar-refractivity contribution < 1.29 is 4.74 Å². The molecule has 0 aromatic carbocycles. The van der Waals surface area contributed by atoms with Gasteiger partial charge in [0.25, 0.3) is 0 Å². The van der Waals surface area contributed by atoms with E-state index in [1.54, 1.807) is 0 Å². The van der Waals surface area contributed by atoms with Gasteiger partial charge in [0.15, 0.2) is 0 Å². The summed E-state index contributed by atoms with van der Waals surface area (Å²) in [5.41, 5.74) is 1.17. The predicted octanol–water partition coefficient (Wildman–Crippen LogP) is 3.85. The van der Waals surface area contributed by atoms with Crippen molar-refractivity contribution in [2.75, 3.05) is 6.54 Å². The van der Waals surface area contributed by atoms with Crippen LogP contribution in [0.3, 0.4) is 0 Å². The second kappa shape index (κ2) is 7.49. The highest BCUT2D eigenvalue weighted by atomic mass is 16.5. The molecule has 1 atom stereocenters. The second-order valence-electron chi connectivity index (χ2n) is 5.41. The van der Waals surface area contributed by atoms with Crippen molar-refractivity contribution in [3.05, 3.63) is 23.9 Å². The first-order valence-electron chi connectivity index (χ1n) is 7.66. The van der Waals surface area contributed by atoms with Gasteiger partial charge in [0.1, 0.15) is 6.10 Å². The molecule has 106 valence electrons. The summed E-state index contributed by atoms with van der Waals surface area (Å²) < 4.78 is 6.18. The Morgan fingerprint density at radius 1 is 1.32 bits per heavy atom. The molecule has 0 bridgehead atoms. The number of hydrogen-bond acceptors (Lipinski definition) is 3. The van der Waals surface area contributed by atoms with E-state index < -0.39 is 0 Å². The van der Waals surface area contributed by atoms with Crippen molar-refractivity contribution in [3.8, 4) is 5.88 Å². The molecule has 19 heavy (non-hydrogen) atoms. The molecular weight excluding hydrogens is 236 g/mol. The van der Waals surface area contributed by atoms with Gasteiger partial charge in [-0.25, -0.2) is 4.98 Å². The van der Waals surface area contributed by atoms with Gasteiger partial charge in [-0.2, -0.15) is 0 Å². The van der Waals surface area contributed by atoms with Crippen LogP contribution in [0.4, 0.5) is 0 Å². The first-order chi connectivity index (χ1) is 9.31. The molecule has 3 nitrogen and oxygen atoms in total. The highest BCUT2D eigenvalue weighted by molar-refractivity contribution is 5.28. The Balaban J connectivity index is 2.06. The summed E-state index contributed by atoms with van der Waals surface area (Å²) in [4.78, 5) is 4.44. The van der Waals surface area contributed by atoms with Crippen molar-refractivity contribution in [2.24, 2.45) is 0 Å². The summed E-state index contributed by atoms with van der Waals surface area (Å²) >= 11 is 0. The van der Waals surface area contributed by atoms with Crippen LogP contribution in [0.2, 0.25) is 0 Å². The van der Waals surface area contributed by atoms with Gasteiger partial charge in [0.2, 0.25) is 5.88 Å². The first-order valence-corrected chi connectivity index (χ1v) is 7.66. The minimum absolute atomic E-state index is 0.291. The van der Waals surface area contributed by atoms with E-state index in [0.717, 1.165) is 12.4 Å². The third-order valence-corrected chi connectivity index (χ3v) is 3.86. The third kappa shape index (κ3) is 4.20. The number of pyridine rings is 1. The standard InChI is InChI=1S/C16H26N2O/c1-3-17-13(2)15-11-8-12-18-16(15)19-14-9-6-4-5-7-10-14/h8,11-14,17H,3-7,9-10H2,1-2H3. The van der Waals surface area contributed by atoms with Crippen LogP contribution >= 0.6 is 0 Å². The second-order valence-corrected chi connectivity index (χ2v) is 5.41. The Morgan fingerprint density at radius 3 is 2.74 bits per heavy atom. The summed E-state index contributed by atoms with van der Waals surface area (Å²) in [6.45, 7) is 5.25. The van der Waals surface area contributed by atoms with E-state index in [-0.39, 0.29) is 0 Å². The molecular formula is C16H26N2O. The quantitative estimate of drug-likeness (QED) is 0.818. The highest BCUT2D eigenvalue weighted by Gasteiger charge is 2.18. The molecule has 3 heteroatoms. The average Bonchev–Trinajstić information content (AvgIpc) is 2.68. The summed E-state index contributed by atoms with van der Waals surface area (Å²) in [5, 5.41) is 3.43. The molecule has 1 aromatic rings.